The first-order valence-corrected chi connectivity index (χ1v) is 8.53. The summed E-state index contributed by atoms with van der Waals surface area (Å²) in [5.74, 6) is 0. The van der Waals surface area contributed by atoms with E-state index >= 15 is 0 Å². The van der Waals surface area contributed by atoms with Gasteiger partial charge in [-0.15, -0.1) is 0 Å². The summed E-state index contributed by atoms with van der Waals surface area (Å²) in [5, 5.41) is 0. The quantitative estimate of drug-likeness (QED) is 0.461. The number of rotatable bonds is 12. The van der Waals surface area contributed by atoms with Crippen molar-refractivity contribution in [2.45, 2.75) is 96.8 Å². The molecule has 0 amide bonds. The summed E-state index contributed by atoms with van der Waals surface area (Å²) < 4.78 is 0. The van der Waals surface area contributed by atoms with Crippen LogP contribution >= 0.6 is 0 Å². The fourth-order valence-corrected chi connectivity index (χ4v) is 3.22. The fourth-order valence-electron chi connectivity index (χ4n) is 3.22. The lowest BCUT2D eigenvalue weighted by Crippen LogP contribution is -2.37. The van der Waals surface area contributed by atoms with Crippen LogP contribution in [0.5, 0.6) is 0 Å². The van der Waals surface area contributed by atoms with Crippen LogP contribution in [0.3, 0.4) is 0 Å². The number of hydrogen-bond donors (Lipinski definition) is 1. The Bertz CT molecular complexity index is 179. The molecule has 0 spiro atoms. The van der Waals surface area contributed by atoms with E-state index < -0.39 is 0 Å². The first-order chi connectivity index (χ1) is 8.83. The maximum absolute atomic E-state index is 5.89. The van der Waals surface area contributed by atoms with E-state index in [0.717, 1.165) is 6.54 Å². The highest BCUT2D eigenvalue weighted by Crippen LogP contribution is 2.44. The van der Waals surface area contributed by atoms with Crippen molar-refractivity contribution in [1.29, 1.82) is 0 Å². The van der Waals surface area contributed by atoms with Gasteiger partial charge in [0.1, 0.15) is 0 Å². The molecule has 0 aromatic rings. The summed E-state index contributed by atoms with van der Waals surface area (Å²) >= 11 is 0. The van der Waals surface area contributed by atoms with Gasteiger partial charge in [-0.3, -0.25) is 0 Å². The van der Waals surface area contributed by atoms with Crippen LogP contribution in [0, 0.1) is 5.41 Å². The smallest absolute Gasteiger partial charge is 0.00205 e. The lowest BCUT2D eigenvalue weighted by atomic mass is 9.66. The van der Waals surface area contributed by atoms with Gasteiger partial charge in [-0.05, 0) is 31.2 Å². The van der Waals surface area contributed by atoms with Crippen molar-refractivity contribution < 1.29 is 0 Å². The summed E-state index contributed by atoms with van der Waals surface area (Å²) in [6.07, 6.45) is 20.1. The Morgan fingerprint density at radius 2 is 1.28 bits per heavy atom. The van der Waals surface area contributed by atoms with Crippen molar-refractivity contribution in [3.8, 4) is 0 Å². The largest absolute Gasteiger partial charge is 0.330 e. The third-order valence-corrected chi connectivity index (χ3v) is 4.91. The molecule has 1 aliphatic carbocycles. The van der Waals surface area contributed by atoms with Crippen LogP contribution in [0.1, 0.15) is 96.8 Å². The topological polar surface area (TPSA) is 26.0 Å². The predicted molar refractivity (Wildman–Crippen MR) is 81.8 cm³/mol. The standard InChI is InChI=1S/C17H35N/c1-2-3-4-5-6-7-8-9-10-11-13-17(16-18)14-12-15-17/h2-16,18H2,1H3. The number of unbranched alkanes of at least 4 members (excludes halogenated alkanes) is 9. The first-order valence-electron chi connectivity index (χ1n) is 8.53. The van der Waals surface area contributed by atoms with Gasteiger partial charge in [-0.25, -0.2) is 0 Å². The molecule has 0 aromatic carbocycles. The minimum absolute atomic E-state index is 0.583. The zero-order chi connectivity index (χ0) is 13.1. The molecule has 0 aromatic heterocycles. The van der Waals surface area contributed by atoms with Crippen molar-refractivity contribution >= 4 is 0 Å². The molecule has 1 fully saturated rings. The molecule has 0 atom stereocenters. The minimum atomic E-state index is 0.583. The Labute approximate surface area is 115 Å². The molecule has 0 aliphatic heterocycles. The Hall–Kier alpha value is -0.0400. The molecule has 1 nitrogen and oxygen atoms in total. The van der Waals surface area contributed by atoms with Crippen LogP contribution in [-0.2, 0) is 0 Å². The Morgan fingerprint density at radius 1 is 0.778 bits per heavy atom. The van der Waals surface area contributed by atoms with Crippen molar-refractivity contribution in [2.24, 2.45) is 11.1 Å². The monoisotopic (exact) mass is 253 g/mol. The van der Waals surface area contributed by atoms with Crippen LogP contribution in [-0.4, -0.2) is 6.54 Å². The third-order valence-electron chi connectivity index (χ3n) is 4.91. The maximum Gasteiger partial charge on any atom is -0.00205 e. The molecular weight excluding hydrogens is 218 g/mol. The molecule has 0 saturated heterocycles. The van der Waals surface area contributed by atoms with Crippen molar-refractivity contribution in [2.75, 3.05) is 6.54 Å². The van der Waals surface area contributed by atoms with Gasteiger partial charge >= 0.3 is 0 Å². The lowest BCUT2D eigenvalue weighted by molar-refractivity contribution is 0.126. The average Bonchev–Trinajstić information content (AvgIpc) is 2.34. The Morgan fingerprint density at radius 3 is 1.67 bits per heavy atom. The molecule has 18 heavy (non-hydrogen) atoms. The SMILES string of the molecule is CCCCCCCCCCCCC1(CN)CCC1. The zero-order valence-electron chi connectivity index (χ0n) is 12.7. The highest BCUT2D eigenvalue weighted by Gasteiger charge is 2.34. The van der Waals surface area contributed by atoms with Gasteiger partial charge in [0.15, 0.2) is 0 Å². The Kier molecular flexibility index (Phi) is 8.75. The normalized spacial score (nSPS) is 17.7. The van der Waals surface area contributed by atoms with Gasteiger partial charge in [0.25, 0.3) is 0 Å². The van der Waals surface area contributed by atoms with Crippen molar-refractivity contribution in [3.63, 3.8) is 0 Å². The van der Waals surface area contributed by atoms with Gasteiger partial charge in [-0.2, -0.15) is 0 Å². The van der Waals surface area contributed by atoms with E-state index in [-0.39, 0.29) is 0 Å². The summed E-state index contributed by atoms with van der Waals surface area (Å²) in [6.45, 7) is 3.22. The van der Waals surface area contributed by atoms with Gasteiger partial charge in [0.2, 0.25) is 0 Å². The second-order valence-corrected chi connectivity index (χ2v) is 6.49. The molecule has 1 aliphatic rings. The van der Waals surface area contributed by atoms with E-state index in [1.54, 1.807) is 0 Å². The van der Waals surface area contributed by atoms with E-state index in [1.165, 1.54) is 89.9 Å². The second kappa shape index (κ2) is 9.83. The van der Waals surface area contributed by atoms with Gasteiger partial charge in [0, 0.05) is 0 Å². The summed E-state index contributed by atoms with van der Waals surface area (Å²) in [5.41, 5.74) is 6.47. The van der Waals surface area contributed by atoms with E-state index in [4.69, 9.17) is 5.73 Å². The molecule has 1 rings (SSSR count). The summed E-state index contributed by atoms with van der Waals surface area (Å²) in [6, 6.07) is 0. The molecule has 0 radical (unpaired) electrons. The molecule has 1 saturated carbocycles. The van der Waals surface area contributed by atoms with E-state index in [2.05, 4.69) is 6.92 Å². The predicted octanol–water partition coefficient (Wildman–Crippen LogP) is 5.43. The molecule has 108 valence electrons. The highest BCUT2D eigenvalue weighted by molar-refractivity contribution is 4.88. The van der Waals surface area contributed by atoms with Gasteiger partial charge < -0.3 is 5.73 Å². The zero-order valence-corrected chi connectivity index (χ0v) is 12.7. The number of hydrogen-bond acceptors (Lipinski definition) is 1. The Balaban J connectivity index is 1.78. The third kappa shape index (κ3) is 6.22. The van der Waals surface area contributed by atoms with Crippen LogP contribution in [0.4, 0.5) is 0 Å². The van der Waals surface area contributed by atoms with E-state index in [9.17, 15) is 0 Å². The van der Waals surface area contributed by atoms with E-state index in [0.29, 0.717) is 5.41 Å². The summed E-state index contributed by atoms with van der Waals surface area (Å²) in [4.78, 5) is 0. The summed E-state index contributed by atoms with van der Waals surface area (Å²) in [7, 11) is 0. The van der Waals surface area contributed by atoms with Crippen LogP contribution in [0.25, 0.3) is 0 Å². The van der Waals surface area contributed by atoms with Crippen LogP contribution in [0.2, 0.25) is 0 Å². The molecule has 2 N–H and O–H groups in total. The van der Waals surface area contributed by atoms with Crippen LogP contribution in [0.15, 0.2) is 0 Å². The minimum Gasteiger partial charge on any atom is -0.330 e. The number of nitrogens with two attached hydrogens (primary N) is 1. The first kappa shape index (κ1) is 16.0. The van der Waals surface area contributed by atoms with Crippen LogP contribution < -0.4 is 5.73 Å². The van der Waals surface area contributed by atoms with Crippen molar-refractivity contribution in [3.05, 3.63) is 0 Å². The van der Waals surface area contributed by atoms with Gasteiger partial charge in [-0.1, -0.05) is 77.6 Å². The molecule has 0 heterocycles. The maximum atomic E-state index is 5.89. The van der Waals surface area contributed by atoms with Gasteiger partial charge in [0.05, 0.1) is 0 Å². The lowest BCUT2D eigenvalue weighted by Gasteiger charge is -2.41. The molecule has 0 bridgehead atoms. The molecular formula is C17H35N. The average molecular weight is 253 g/mol. The van der Waals surface area contributed by atoms with E-state index in [1.807, 2.05) is 0 Å². The van der Waals surface area contributed by atoms with Crippen molar-refractivity contribution in [1.82, 2.24) is 0 Å². The molecule has 0 unspecified atom stereocenters. The highest BCUT2D eigenvalue weighted by atomic mass is 14.6. The molecule has 1 heteroatoms. The fraction of sp³-hybridized carbons (Fsp3) is 1.00. The second-order valence-electron chi connectivity index (χ2n) is 6.49.